The van der Waals surface area contributed by atoms with Crippen molar-refractivity contribution >= 4 is 34.2 Å². The van der Waals surface area contributed by atoms with Gasteiger partial charge in [-0.2, -0.15) is 0 Å². The molecule has 2 rings (SSSR count). The number of nitrogens with one attached hydrogen (secondary N) is 1. The van der Waals surface area contributed by atoms with Crippen LogP contribution in [0.5, 0.6) is 0 Å². The number of carbonyl (C=O) groups is 1. The minimum atomic E-state index is -0.387. The Bertz CT molecular complexity index is 410. The topological polar surface area (TPSA) is 32.3 Å². The number of halogens is 3. The molecule has 3 nitrogen and oxygen atoms in total. The van der Waals surface area contributed by atoms with Crippen LogP contribution in [0.4, 0.5) is 4.39 Å². The predicted molar refractivity (Wildman–Crippen MR) is 70.1 cm³/mol. The maximum absolute atomic E-state index is 13.1. The van der Waals surface area contributed by atoms with Crippen molar-refractivity contribution < 1.29 is 9.18 Å². The van der Waals surface area contributed by atoms with Gasteiger partial charge in [0.2, 0.25) is 0 Å². The van der Waals surface area contributed by atoms with E-state index in [9.17, 15) is 9.18 Å². The molecule has 1 amide bonds. The minimum Gasteiger partial charge on any atom is -0.336 e. The zero-order valence-corrected chi connectivity index (χ0v) is 11.5. The molecule has 1 heterocycles. The van der Waals surface area contributed by atoms with Crippen molar-refractivity contribution in [1.29, 1.82) is 0 Å². The van der Waals surface area contributed by atoms with Crippen LogP contribution in [0, 0.1) is 5.82 Å². The lowest BCUT2D eigenvalue weighted by atomic mass is 10.2. The van der Waals surface area contributed by atoms with Gasteiger partial charge in [-0.3, -0.25) is 4.79 Å². The molecule has 1 aromatic rings. The molecule has 0 spiro atoms. The Morgan fingerprint density at radius 1 is 1.35 bits per heavy atom. The van der Waals surface area contributed by atoms with E-state index in [-0.39, 0.29) is 24.1 Å². The van der Waals surface area contributed by atoms with E-state index in [0.717, 1.165) is 13.1 Å². The van der Waals surface area contributed by atoms with E-state index in [4.69, 9.17) is 0 Å². The molecule has 0 unspecified atom stereocenters. The zero-order valence-electron chi connectivity index (χ0n) is 9.08. The van der Waals surface area contributed by atoms with E-state index in [1.54, 1.807) is 11.0 Å². The molecular formula is C11H13BrClFN2O. The first-order chi connectivity index (χ1) is 7.68. The van der Waals surface area contributed by atoms with Crippen LogP contribution in [0.25, 0.3) is 0 Å². The van der Waals surface area contributed by atoms with Crippen molar-refractivity contribution in [2.45, 2.75) is 0 Å². The summed E-state index contributed by atoms with van der Waals surface area (Å²) in [6, 6.07) is 4.16. The van der Waals surface area contributed by atoms with Gasteiger partial charge in [0.25, 0.3) is 5.91 Å². The van der Waals surface area contributed by atoms with Gasteiger partial charge in [0.15, 0.2) is 0 Å². The van der Waals surface area contributed by atoms with E-state index < -0.39 is 0 Å². The largest absolute Gasteiger partial charge is 0.336 e. The minimum absolute atomic E-state index is 0. The second-order valence-corrected chi connectivity index (χ2v) is 4.52. The summed E-state index contributed by atoms with van der Waals surface area (Å²) in [5, 5.41) is 3.17. The van der Waals surface area contributed by atoms with Crippen molar-refractivity contribution in [1.82, 2.24) is 10.2 Å². The summed E-state index contributed by atoms with van der Waals surface area (Å²) in [6.07, 6.45) is 0. The maximum atomic E-state index is 13.1. The molecule has 0 atom stereocenters. The van der Waals surface area contributed by atoms with Crippen molar-refractivity contribution in [2.75, 3.05) is 26.2 Å². The molecule has 94 valence electrons. The number of rotatable bonds is 1. The van der Waals surface area contributed by atoms with Gasteiger partial charge in [-0.15, -0.1) is 12.4 Å². The molecule has 1 fully saturated rings. The normalized spacial score (nSPS) is 15.3. The third kappa shape index (κ3) is 3.40. The number of nitrogens with zero attached hydrogens (tertiary/aromatic N) is 1. The Kier molecular flexibility index (Phi) is 5.36. The van der Waals surface area contributed by atoms with Crippen molar-refractivity contribution in [2.24, 2.45) is 0 Å². The Morgan fingerprint density at radius 2 is 2.00 bits per heavy atom. The first-order valence-electron chi connectivity index (χ1n) is 5.13. The zero-order chi connectivity index (χ0) is 11.5. The number of benzene rings is 1. The highest BCUT2D eigenvalue weighted by Crippen LogP contribution is 2.19. The third-order valence-corrected chi connectivity index (χ3v) is 3.25. The highest BCUT2D eigenvalue weighted by molar-refractivity contribution is 9.10. The fourth-order valence-corrected chi connectivity index (χ4v) is 2.12. The predicted octanol–water partition coefficient (Wildman–Crippen LogP) is 2.06. The van der Waals surface area contributed by atoms with Gasteiger partial charge in [-0.25, -0.2) is 4.39 Å². The summed E-state index contributed by atoms with van der Waals surface area (Å²) < 4.78 is 13.7. The smallest absolute Gasteiger partial charge is 0.255 e. The molecule has 1 aromatic carbocycles. The van der Waals surface area contributed by atoms with Crippen LogP contribution in [-0.2, 0) is 0 Å². The van der Waals surface area contributed by atoms with Gasteiger partial charge < -0.3 is 10.2 Å². The fourth-order valence-electron chi connectivity index (χ4n) is 1.70. The number of piperazine rings is 1. The summed E-state index contributed by atoms with van der Waals surface area (Å²) in [7, 11) is 0. The average Bonchev–Trinajstić information content (AvgIpc) is 2.32. The van der Waals surface area contributed by atoms with Crippen LogP contribution in [0.3, 0.4) is 0 Å². The van der Waals surface area contributed by atoms with Gasteiger partial charge in [0.05, 0.1) is 5.56 Å². The van der Waals surface area contributed by atoms with E-state index in [1.807, 2.05) is 0 Å². The van der Waals surface area contributed by atoms with Crippen LogP contribution in [-0.4, -0.2) is 37.0 Å². The number of carbonyl (C=O) groups excluding carboxylic acids is 1. The highest BCUT2D eigenvalue weighted by atomic mass is 79.9. The second-order valence-electron chi connectivity index (χ2n) is 3.67. The summed E-state index contributed by atoms with van der Waals surface area (Å²) in [5.74, 6) is -0.505. The monoisotopic (exact) mass is 322 g/mol. The molecule has 1 N–H and O–H groups in total. The molecule has 0 aliphatic carbocycles. The number of hydrogen-bond donors (Lipinski definition) is 1. The lowest BCUT2D eigenvalue weighted by molar-refractivity contribution is 0.0734. The Morgan fingerprint density at radius 3 is 2.65 bits per heavy atom. The van der Waals surface area contributed by atoms with Crippen LogP contribution in [0.1, 0.15) is 10.4 Å². The van der Waals surface area contributed by atoms with Gasteiger partial charge in [0, 0.05) is 30.7 Å². The molecule has 0 saturated carbocycles. The quantitative estimate of drug-likeness (QED) is 0.858. The average molecular weight is 324 g/mol. The standard InChI is InChI=1S/C11H12BrFN2O.ClH/c12-10-2-1-8(13)7-9(10)11(16)15-5-3-14-4-6-15;/h1-2,7,14H,3-6H2;1H. The Labute approximate surface area is 114 Å². The molecule has 1 saturated heterocycles. The van der Waals surface area contributed by atoms with Crippen molar-refractivity contribution in [3.63, 3.8) is 0 Å². The van der Waals surface area contributed by atoms with Crippen molar-refractivity contribution in [3.05, 3.63) is 34.1 Å². The molecule has 0 aromatic heterocycles. The van der Waals surface area contributed by atoms with Gasteiger partial charge >= 0.3 is 0 Å². The van der Waals surface area contributed by atoms with Gasteiger partial charge in [-0.1, -0.05) is 0 Å². The van der Waals surface area contributed by atoms with E-state index in [0.29, 0.717) is 23.1 Å². The van der Waals surface area contributed by atoms with E-state index in [2.05, 4.69) is 21.2 Å². The molecule has 1 aliphatic heterocycles. The third-order valence-electron chi connectivity index (χ3n) is 2.56. The highest BCUT2D eigenvalue weighted by Gasteiger charge is 2.20. The van der Waals surface area contributed by atoms with Gasteiger partial charge in [-0.05, 0) is 34.1 Å². The summed E-state index contributed by atoms with van der Waals surface area (Å²) in [6.45, 7) is 2.92. The molecule has 0 radical (unpaired) electrons. The van der Waals surface area contributed by atoms with Crippen LogP contribution in [0.2, 0.25) is 0 Å². The van der Waals surface area contributed by atoms with Crippen LogP contribution >= 0.6 is 28.3 Å². The summed E-state index contributed by atoms with van der Waals surface area (Å²) >= 11 is 3.27. The molecule has 6 heteroatoms. The maximum Gasteiger partial charge on any atom is 0.255 e. The number of hydrogen-bond acceptors (Lipinski definition) is 2. The lowest BCUT2D eigenvalue weighted by Crippen LogP contribution is -2.46. The fraction of sp³-hybridized carbons (Fsp3) is 0.364. The van der Waals surface area contributed by atoms with E-state index >= 15 is 0 Å². The van der Waals surface area contributed by atoms with Crippen LogP contribution < -0.4 is 5.32 Å². The lowest BCUT2D eigenvalue weighted by Gasteiger charge is -2.27. The molecule has 0 bridgehead atoms. The van der Waals surface area contributed by atoms with E-state index in [1.165, 1.54) is 12.1 Å². The molecule has 1 aliphatic rings. The first kappa shape index (κ1) is 14.4. The second kappa shape index (κ2) is 6.33. The molecule has 17 heavy (non-hydrogen) atoms. The molecular weight excluding hydrogens is 310 g/mol. The van der Waals surface area contributed by atoms with Gasteiger partial charge in [0.1, 0.15) is 5.82 Å². The Balaban J connectivity index is 0.00000144. The summed E-state index contributed by atoms with van der Waals surface area (Å²) in [4.78, 5) is 13.8. The number of amides is 1. The van der Waals surface area contributed by atoms with Crippen LogP contribution in [0.15, 0.2) is 22.7 Å². The first-order valence-corrected chi connectivity index (χ1v) is 5.93. The Hall–Kier alpha value is -0.650. The SMILES string of the molecule is Cl.O=C(c1cc(F)ccc1Br)N1CCNCC1. The summed E-state index contributed by atoms with van der Waals surface area (Å²) in [5.41, 5.74) is 0.391. The van der Waals surface area contributed by atoms with Crippen molar-refractivity contribution in [3.8, 4) is 0 Å².